The van der Waals surface area contributed by atoms with Crippen molar-refractivity contribution < 1.29 is 9.53 Å². The van der Waals surface area contributed by atoms with Crippen LogP contribution in [0.4, 0.5) is 5.13 Å². The Morgan fingerprint density at radius 2 is 2.11 bits per heavy atom. The van der Waals surface area contributed by atoms with Gasteiger partial charge in [-0.25, -0.2) is 0 Å². The SMILES string of the molecule is COC(=O)CN(C)c1nc(-c2ccccc2)ns1. The molecule has 0 saturated heterocycles. The van der Waals surface area contributed by atoms with E-state index in [1.54, 1.807) is 11.9 Å². The number of ether oxygens (including phenoxy) is 1. The lowest BCUT2D eigenvalue weighted by Crippen LogP contribution is -2.26. The summed E-state index contributed by atoms with van der Waals surface area (Å²) in [5, 5.41) is 0.694. The van der Waals surface area contributed by atoms with Crippen LogP contribution in [0.2, 0.25) is 0 Å². The van der Waals surface area contributed by atoms with Crippen molar-refractivity contribution in [2.45, 2.75) is 0 Å². The molecule has 0 saturated carbocycles. The molecule has 0 aliphatic rings. The van der Waals surface area contributed by atoms with Gasteiger partial charge in [0.15, 0.2) is 5.82 Å². The molecule has 1 aromatic carbocycles. The Morgan fingerprint density at radius 3 is 2.78 bits per heavy atom. The summed E-state index contributed by atoms with van der Waals surface area (Å²) in [5.41, 5.74) is 0.964. The summed E-state index contributed by atoms with van der Waals surface area (Å²) in [5.74, 6) is 0.376. The largest absolute Gasteiger partial charge is 0.468 e. The van der Waals surface area contributed by atoms with Gasteiger partial charge in [0.1, 0.15) is 6.54 Å². The molecule has 1 aromatic heterocycles. The van der Waals surface area contributed by atoms with Crippen LogP contribution in [0.3, 0.4) is 0 Å². The summed E-state index contributed by atoms with van der Waals surface area (Å²) >= 11 is 1.26. The summed E-state index contributed by atoms with van der Waals surface area (Å²) < 4.78 is 8.89. The van der Waals surface area contributed by atoms with Gasteiger partial charge >= 0.3 is 5.97 Å². The van der Waals surface area contributed by atoms with E-state index in [0.717, 1.165) is 5.56 Å². The molecule has 0 atom stereocenters. The number of carbonyl (C=O) groups is 1. The topological polar surface area (TPSA) is 55.3 Å². The third-order valence-corrected chi connectivity index (χ3v) is 3.20. The van der Waals surface area contributed by atoms with Crippen molar-refractivity contribution in [2.75, 3.05) is 25.6 Å². The number of likely N-dealkylation sites (N-methyl/N-ethyl adjacent to an activating group) is 1. The molecule has 0 aliphatic heterocycles. The van der Waals surface area contributed by atoms with Crippen molar-refractivity contribution in [1.82, 2.24) is 9.36 Å². The lowest BCUT2D eigenvalue weighted by molar-refractivity contribution is -0.138. The normalized spacial score (nSPS) is 10.1. The minimum Gasteiger partial charge on any atom is -0.468 e. The lowest BCUT2D eigenvalue weighted by atomic mass is 10.2. The van der Waals surface area contributed by atoms with E-state index in [9.17, 15) is 4.79 Å². The fourth-order valence-electron chi connectivity index (χ4n) is 1.40. The van der Waals surface area contributed by atoms with E-state index < -0.39 is 0 Å². The number of hydrogen-bond acceptors (Lipinski definition) is 6. The van der Waals surface area contributed by atoms with Crippen LogP contribution in [-0.4, -0.2) is 36.0 Å². The van der Waals surface area contributed by atoms with Crippen LogP contribution in [0.5, 0.6) is 0 Å². The number of anilines is 1. The Balaban J connectivity index is 2.13. The lowest BCUT2D eigenvalue weighted by Gasteiger charge is -2.12. The maximum Gasteiger partial charge on any atom is 0.325 e. The minimum atomic E-state index is -0.297. The second-order valence-electron chi connectivity index (χ2n) is 3.70. The standard InChI is InChI=1S/C12H13N3O2S/c1-15(8-10(16)17-2)12-13-11(14-18-12)9-6-4-3-5-7-9/h3-7H,8H2,1-2H3. The summed E-state index contributed by atoms with van der Waals surface area (Å²) in [6.45, 7) is 0.167. The van der Waals surface area contributed by atoms with Gasteiger partial charge in [-0.3, -0.25) is 4.79 Å². The highest BCUT2D eigenvalue weighted by Crippen LogP contribution is 2.22. The Kier molecular flexibility index (Phi) is 3.88. The van der Waals surface area contributed by atoms with Gasteiger partial charge in [0.2, 0.25) is 5.13 Å². The zero-order valence-electron chi connectivity index (χ0n) is 10.2. The Labute approximate surface area is 109 Å². The highest BCUT2D eigenvalue weighted by atomic mass is 32.1. The molecule has 0 aliphatic carbocycles. The zero-order valence-corrected chi connectivity index (χ0v) is 11.0. The first-order chi connectivity index (χ1) is 8.70. The Hall–Kier alpha value is -1.95. The quantitative estimate of drug-likeness (QED) is 0.787. The first-order valence-electron chi connectivity index (χ1n) is 5.38. The highest BCUT2D eigenvalue weighted by molar-refractivity contribution is 7.09. The molecule has 0 bridgehead atoms. The van der Waals surface area contributed by atoms with Crippen LogP contribution in [0.1, 0.15) is 0 Å². The minimum absolute atomic E-state index is 0.167. The molecule has 0 fully saturated rings. The van der Waals surface area contributed by atoms with E-state index in [4.69, 9.17) is 0 Å². The number of aromatic nitrogens is 2. The molecule has 94 valence electrons. The van der Waals surface area contributed by atoms with Crippen LogP contribution < -0.4 is 4.90 Å². The van der Waals surface area contributed by atoms with Crippen LogP contribution in [0.25, 0.3) is 11.4 Å². The number of rotatable bonds is 4. The number of methoxy groups -OCH3 is 1. The van der Waals surface area contributed by atoms with Gasteiger partial charge in [-0.1, -0.05) is 30.3 Å². The summed E-state index contributed by atoms with van der Waals surface area (Å²) in [6, 6.07) is 9.72. The molecule has 1 heterocycles. The van der Waals surface area contributed by atoms with E-state index in [2.05, 4.69) is 14.1 Å². The second kappa shape index (κ2) is 5.59. The fourth-order valence-corrected chi connectivity index (χ4v) is 2.05. The highest BCUT2D eigenvalue weighted by Gasteiger charge is 2.13. The molecule has 2 aromatic rings. The number of nitrogens with zero attached hydrogens (tertiary/aromatic N) is 3. The molecule has 18 heavy (non-hydrogen) atoms. The summed E-state index contributed by atoms with van der Waals surface area (Å²) in [6.07, 6.45) is 0. The molecule has 0 amide bonds. The smallest absolute Gasteiger partial charge is 0.325 e. The average Bonchev–Trinajstić information content (AvgIpc) is 2.89. The third kappa shape index (κ3) is 2.84. The van der Waals surface area contributed by atoms with E-state index in [1.165, 1.54) is 18.6 Å². The molecular formula is C12H13N3O2S. The molecule has 6 heteroatoms. The van der Waals surface area contributed by atoms with Crippen LogP contribution >= 0.6 is 11.5 Å². The number of hydrogen-bond donors (Lipinski definition) is 0. The monoisotopic (exact) mass is 263 g/mol. The van der Waals surface area contributed by atoms with Crippen molar-refractivity contribution in [3.05, 3.63) is 30.3 Å². The maximum atomic E-state index is 11.2. The van der Waals surface area contributed by atoms with E-state index in [0.29, 0.717) is 11.0 Å². The molecule has 2 rings (SSSR count). The maximum absolute atomic E-state index is 11.2. The molecule has 0 unspecified atom stereocenters. The first-order valence-corrected chi connectivity index (χ1v) is 6.15. The van der Waals surface area contributed by atoms with Crippen molar-refractivity contribution in [2.24, 2.45) is 0 Å². The van der Waals surface area contributed by atoms with Crippen molar-refractivity contribution in [3.8, 4) is 11.4 Å². The first kappa shape index (κ1) is 12.5. The average molecular weight is 263 g/mol. The van der Waals surface area contributed by atoms with Gasteiger partial charge in [-0.15, -0.1) is 0 Å². The molecule has 0 radical (unpaired) electrons. The van der Waals surface area contributed by atoms with E-state index in [-0.39, 0.29) is 12.5 Å². The van der Waals surface area contributed by atoms with Gasteiger partial charge in [-0.2, -0.15) is 9.36 Å². The van der Waals surface area contributed by atoms with Crippen molar-refractivity contribution in [3.63, 3.8) is 0 Å². The van der Waals surface area contributed by atoms with Crippen LogP contribution in [-0.2, 0) is 9.53 Å². The fraction of sp³-hybridized carbons (Fsp3) is 0.250. The second-order valence-corrected chi connectivity index (χ2v) is 4.43. The molecule has 5 nitrogen and oxygen atoms in total. The Morgan fingerprint density at radius 1 is 1.39 bits per heavy atom. The summed E-state index contributed by atoms with van der Waals surface area (Å²) in [4.78, 5) is 17.3. The van der Waals surface area contributed by atoms with Crippen molar-refractivity contribution in [1.29, 1.82) is 0 Å². The van der Waals surface area contributed by atoms with Crippen LogP contribution in [0, 0.1) is 0 Å². The van der Waals surface area contributed by atoms with Gasteiger partial charge in [0.25, 0.3) is 0 Å². The number of carbonyl (C=O) groups excluding carboxylic acids is 1. The number of esters is 1. The molecule has 0 N–H and O–H groups in total. The van der Waals surface area contributed by atoms with Crippen molar-refractivity contribution >= 4 is 22.6 Å². The number of benzene rings is 1. The molecule has 0 spiro atoms. The van der Waals surface area contributed by atoms with Gasteiger partial charge in [0.05, 0.1) is 7.11 Å². The van der Waals surface area contributed by atoms with Gasteiger partial charge < -0.3 is 9.64 Å². The van der Waals surface area contributed by atoms with Gasteiger partial charge in [-0.05, 0) is 0 Å². The van der Waals surface area contributed by atoms with E-state index >= 15 is 0 Å². The zero-order chi connectivity index (χ0) is 13.0. The Bertz CT molecular complexity index is 527. The third-order valence-electron chi connectivity index (χ3n) is 2.37. The van der Waals surface area contributed by atoms with E-state index in [1.807, 2.05) is 30.3 Å². The predicted molar refractivity (Wildman–Crippen MR) is 70.6 cm³/mol. The molecular weight excluding hydrogens is 250 g/mol. The van der Waals surface area contributed by atoms with Crippen LogP contribution in [0.15, 0.2) is 30.3 Å². The van der Waals surface area contributed by atoms with Gasteiger partial charge in [0, 0.05) is 24.1 Å². The predicted octanol–water partition coefficient (Wildman–Crippen LogP) is 1.81. The summed E-state index contributed by atoms with van der Waals surface area (Å²) in [7, 11) is 3.15.